The third-order valence-electron chi connectivity index (χ3n) is 2.99. The smallest absolute Gasteiger partial charge is 0.293 e. The van der Waals surface area contributed by atoms with Crippen molar-refractivity contribution >= 4 is 40.6 Å². The van der Waals surface area contributed by atoms with Crippen molar-refractivity contribution in [2.24, 2.45) is 0 Å². The SMILES string of the molecule is Cc1cc(C)c2c(c1)O[C@@]([NH3+])(C(Cl)(Cl)Cl)CC2=O. The van der Waals surface area contributed by atoms with Crippen LogP contribution in [0.15, 0.2) is 12.1 Å². The Labute approximate surface area is 120 Å². The molecule has 3 N–H and O–H groups in total. The zero-order valence-electron chi connectivity index (χ0n) is 10.0. The summed E-state index contributed by atoms with van der Waals surface area (Å²) in [6.07, 6.45) is -0.0552. The molecule has 0 unspecified atom stereocenters. The van der Waals surface area contributed by atoms with E-state index in [1.807, 2.05) is 19.9 Å². The second kappa shape index (κ2) is 4.27. The van der Waals surface area contributed by atoms with Gasteiger partial charge < -0.3 is 10.5 Å². The molecule has 1 aliphatic heterocycles. The Morgan fingerprint density at radius 3 is 2.50 bits per heavy atom. The second-order valence-electron chi connectivity index (χ2n) is 4.65. The predicted molar refractivity (Wildman–Crippen MR) is 71.4 cm³/mol. The van der Waals surface area contributed by atoms with Gasteiger partial charge in [0.15, 0.2) is 5.78 Å². The lowest BCUT2D eigenvalue weighted by Crippen LogP contribution is -2.83. The van der Waals surface area contributed by atoms with E-state index in [1.54, 1.807) is 6.07 Å². The minimum absolute atomic E-state index is 0.0552. The van der Waals surface area contributed by atoms with Crippen molar-refractivity contribution in [2.75, 3.05) is 0 Å². The Morgan fingerprint density at radius 1 is 1.33 bits per heavy atom. The number of hydrogen-bond acceptors (Lipinski definition) is 2. The molecule has 6 heteroatoms. The summed E-state index contributed by atoms with van der Waals surface area (Å²) in [6, 6.07) is 3.68. The Bertz CT molecular complexity index is 525. The van der Waals surface area contributed by atoms with Crippen LogP contribution in [0.1, 0.15) is 27.9 Å². The van der Waals surface area contributed by atoms with E-state index in [0.29, 0.717) is 11.3 Å². The largest absolute Gasteiger partial charge is 0.435 e. The molecule has 0 fully saturated rings. The molecular formula is C12H13Cl3NO2+. The molecule has 0 bridgehead atoms. The van der Waals surface area contributed by atoms with Crippen LogP contribution < -0.4 is 10.5 Å². The Morgan fingerprint density at radius 2 is 1.94 bits per heavy atom. The van der Waals surface area contributed by atoms with Crippen LogP contribution in [-0.4, -0.2) is 15.3 Å². The Balaban J connectivity index is 2.56. The van der Waals surface area contributed by atoms with E-state index >= 15 is 0 Å². The monoisotopic (exact) mass is 308 g/mol. The van der Waals surface area contributed by atoms with Crippen molar-refractivity contribution < 1.29 is 15.3 Å². The molecule has 0 spiro atoms. The highest BCUT2D eigenvalue weighted by molar-refractivity contribution is 6.68. The first-order valence-electron chi connectivity index (χ1n) is 5.39. The van der Waals surface area contributed by atoms with E-state index in [9.17, 15) is 4.79 Å². The molecule has 1 aromatic carbocycles. The summed E-state index contributed by atoms with van der Waals surface area (Å²) in [5.74, 6) is 0.320. The van der Waals surface area contributed by atoms with Crippen molar-refractivity contribution in [2.45, 2.75) is 29.8 Å². The molecule has 1 atom stereocenters. The summed E-state index contributed by atoms with van der Waals surface area (Å²) in [6.45, 7) is 3.77. The average molecular weight is 310 g/mol. The molecule has 98 valence electrons. The number of rotatable bonds is 0. The number of carbonyl (C=O) groups excluding carboxylic acids is 1. The molecule has 0 saturated heterocycles. The van der Waals surface area contributed by atoms with Crippen LogP contribution in [0.3, 0.4) is 0 Å². The molecule has 0 aromatic heterocycles. The van der Waals surface area contributed by atoms with Gasteiger partial charge >= 0.3 is 0 Å². The fourth-order valence-electron chi connectivity index (χ4n) is 2.12. The van der Waals surface area contributed by atoms with Crippen molar-refractivity contribution in [3.8, 4) is 5.75 Å². The number of halogens is 3. The number of quaternary nitrogens is 1. The summed E-state index contributed by atoms with van der Waals surface area (Å²) in [5.41, 5.74) is 4.77. The highest BCUT2D eigenvalue weighted by atomic mass is 35.6. The number of aryl methyl sites for hydroxylation is 2. The zero-order chi connectivity index (χ0) is 13.7. The first-order chi connectivity index (χ1) is 8.14. The third kappa shape index (κ3) is 2.21. The van der Waals surface area contributed by atoms with Crippen LogP contribution in [0.25, 0.3) is 0 Å². The topological polar surface area (TPSA) is 53.9 Å². The van der Waals surface area contributed by atoms with Crippen molar-refractivity contribution in [3.63, 3.8) is 0 Å². The third-order valence-corrected chi connectivity index (χ3v) is 4.02. The van der Waals surface area contributed by atoms with Crippen molar-refractivity contribution in [3.05, 3.63) is 28.8 Å². The van der Waals surface area contributed by atoms with E-state index in [2.05, 4.69) is 5.73 Å². The van der Waals surface area contributed by atoms with Gasteiger partial charge in [-0.05, 0) is 31.0 Å². The normalized spacial score (nSPS) is 23.6. The van der Waals surface area contributed by atoms with Gasteiger partial charge in [-0.3, -0.25) is 4.79 Å². The van der Waals surface area contributed by atoms with E-state index in [4.69, 9.17) is 39.5 Å². The average Bonchev–Trinajstić information content (AvgIpc) is 2.12. The maximum atomic E-state index is 12.2. The summed E-state index contributed by atoms with van der Waals surface area (Å²) < 4.78 is 3.92. The van der Waals surface area contributed by atoms with Crippen LogP contribution in [0.4, 0.5) is 0 Å². The van der Waals surface area contributed by atoms with Crippen LogP contribution in [0.2, 0.25) is 0 Å². The van der Waals surface area contributed by atoms with Gasteiger partial charge in [0.1, 0.15) is 12.2 Å². The fourth-order valence-corrected chi connectivity index (χ4v) is 2.44. The number of alkyl halides is 3. The summed E-state index contributed by atoms with van der Waals surface area (Å²) >= 11 is 17.6. The number of fused-ring (bicyclic) bond motifs is 1. The highest BCUT2D eigenvalue weighted by Gasteiger charge is 2.56. The number of ether oxygens (including phenoxy) is 1. The van der Waals surface area contributed by atoms with Gasteiger partial charge in [0.2, 0.25) is 0 Å². The van der Waals surface area contributed by atoms with Crippen LogP contribution in [0, 0.1) is 13.8 Å². The van der Waals surface area contributed by atoms with E-state index in [-0.39, 0.29) is 12.2 Å². The Kier molecular flexibility index (Phi) is 3.31. The molecule has 18 heavy (non-hydrogen) atoms. The minimum atomic E-state index is -1.77. The molecule has 1 aliphatic rings. The number of ketones is 1. The molecule has 0 amide bonds. The fraction of sp³-hybridized carbons (Fsp3) is 0.417. The molecule has 0 aliphatic carbocycles. The zero-order valence-corrected chi connectivity index (χ0v) is 12.3. The van der Waals surface area contributed by atoms with E-state index in [0.717, 1.165) is 11.1 Å². The van der Waals surface area contributed by atoms with Gasteiger partial charge in [0.05, 0.1) is 5.56 Å². The molecule has 1 heterocycles. The van der Waals surface area contributed by atoms with Crippen LogP contribution >= 0.6 is 34.8 Å². The van der Waals surface area contributed by atoms with Crippen LogP contribution in [-0.2, 0) is 0 Å². The first-order valence-corrected chi connectivity index (χ1v) is 6.53. The Hall–Kier alpha value is -0.480. The quantitative estimate of drug-likeness (QED) is 0.749. The number of benzene rings is 1. The van der Waals surface area contributed by atoms with Gasteiger partial charge in [0, 0.05) is 0 Å². The standard InChI is InChI=1S/C12H12Cl3NO2/c1-6-3-7(2)10-8(17)5-11(16,12(13,14)15)18-9(10)4-6/h3-4H,5,16H2,1-2H3/p+1/t11-/m1/s1. The van der Waals surface area contributed by atoms with Crippen molar-refractivity contribution in [1.29, 1.82) is 0 Å². The molecule has 0 saturated carbocycles. The van der Waals surface area contributed by atoms with Gasteiger partial charge in [-0.15, -0.1) is 0 Å². The van der Waals surface area contributed by atoms with Crippen molar-refractivity contribution in [1.82, 2.24) is 0 Å². The molecule has 1 aromatic rings. The van der Waals surface area contributed by atoms with Gasteiger partial charge in [-0.1, -0.05) is 40.9 Å². The van der Waals surface area contributed by atoms with Gasteiger partial charge in [-0.2, -0.15) is 0 Å². The first kappa shape index (κ1) is 13.9. The molecule has 2 rings (SSSR count). The summed E-state index contributed by atoms with van der Waals surface area (Å²) in [4.78, 5) is 12.2. The van der Waals surface area contributed by atoms with E-state index < -0.39 is 9.52 Å². The van der Waals surface area contributed by atoms with Gasteiger partial charge in [0.25, 0.3) is 9.52 Å². The highest BCUT2D eigenvalue weighted by Crippen LogP contribution is 2.44. The van der Waals surface area contributed by atoms with E-state index in [1.165, 1.54) is 0 Å². The van der Waals surface area contributed by atoms with Gasteiger partial charge in [-0.25, -0.2) is 0 Å². The number of Topliss-reactive ketones (excluding diaryl/α,β-unsaturated/α-hetero) is 1. The summed E-state index contributed by atoms with van der Waals surface area (Å²) in [7, 11) is 0. The lowest BCUT2D eigenvalue weighted by atomic mass is 9.93. The maximum absolute atomic E-state index is 12.2. The molecule has 3 nitrogen and oxygen atoms in total. The lowest BCUT2D eigenvalue weighted by molar-refractivity contribution is -0.534. The number of hydrogen-bond donors (Lipinski definition) is 1. The maximum Gasteiger partial charge on any atom is 0.293 e. The minimum Gasteiger partial charge on any atom is -0.435 e. The van der Waals surface area contributed by atoms with Crippen LogP contribution in [0.5, 0.6) is 5.75 Å². The second-order valence-corrected chi connectivity index (χ2v) is 6.93. The lowest BCUT2D eigenvalue weighted by Gasteiger charge is -2.36. The number of carbonyl (C=O) groups is 1. The molecule has 0 radical (unpaired) electrons. The summed E-state index contributed by atoms with van der Waals surface area (Å²) in [5, 5.41) is 0. The molecular weight excluding hydrogens is 296 g/mol. The predicted octanol–water partition coefficient (Wildman–Crippen LogP) is 2.58.